The number of ether oxygens (including phenoxy) is 2. The number of alkyl halides is 2. The second-order valence-electron chi connectivity index (χ2n) is 21.0. The molecule has 20 heteroatoms. The molecule has 0 bridgehead atoms. The highest BCUT2D eigenvalue weighted by atomic mass is 35.5. The molecule has 416 valence electrons. The second-order valence-corrected chi connectivity index (χ2v) is 21.3. The van der Waals surface area contributed by atoms with Gasteiger partial charge < -0.3 is 39.5 Å². The van der Waals surface area contributed by atoms with Crippen LogP contribution in [0.4, 0.5) is 35.7 Å². The Morgan fingerprint density at radius 3 is 1.69 bits per heavy atom. The topological polar surface area (TPSA) is 165 Å². The van der Waals surface area contributed by atoms with Crippen molar-refractivity contribution in [3.63, 3.8) is 0 Å². The molecule has 2 fully saturated rings. The van der Waals surface area contributed by atoms with Gasteiger partial charge in [-0.15, -0.1) is 0 Å². The Bertz CT molecular complexity index is 2880. The van der Waals surface area contributed by atoms with Crippen LogP contribution in [0.5, 0.6) is 0 Å². The van der Waals surface area contributed by atoms with Gasteiger partial charge in [0.2, 0.25) is 22.6 Å². The van der Waals surface area contributed by atoms with Gasteiger partial charge in [-0.25, -0.2) is 38.0 Å². The smallest absolute Gasteiger partial charge is 0.408 e. The summed E-state index contributed by atoms with van der Waals surface area (Å²) in [5.74, 6) is 0.690. The molecule has 17 nitrogen and oxygen atoms in total. The third kappa shape index (κ3) is 19.2. The van der Waals surface area contributed by atoms with Gasteiger partial charge in [-0.1, -0.05) is 50.7 Å². The zero-order valence-corrected chi connectivity index (χ0v) is 46.4. The molecular formula is C57H78ClF2N13O4. The van der Waals surface area contributed by atoms with Crippen LogP contribution in [0, 0.1) is 13.1 Å². The van der Waals surface area contributed by atoms with Crippen molar-refractivity contribution >= 4 is 63.2 Å². The van der Waals surface area contributed by atoms with Crippen LogP contribution in [0.3, 0.4) is 0 Å². The number of hydrogen-bond acceptors (Lipinski definition) is 11. The fourth-order valence-electron chi connectivity index (χ4n) is 8.59. The van der Waals surface area contributed by atoms with Crippen LogP contribution in [0.15, 0.2) is 85.2 Å². The van der Waals surface area contributed by atoms with E-state index in [1.807, 2.05) is 74.7 Å². The van der Waals surface area contributed by atoms with Gasteiger partial charge >= 0.3 is 12.2 Å². The summed E-state index contributed by atoms with van der Waals surface area (Å²) in [7, 11) is 0. The van der Waals surface area contributed by atoms with Gasteiger partial charge in [-0.2, -0.15) is 0 Å². The molecule has 6 aromatic rings. The van der Waals surface area contributed by atoms with Gasteiger partial charge in [-0.3, -0.25) is 14.9 Å². The lowest BCUT2D eigenvalue weighted by Crippen LogP contribution is -2.55. The number of pyridine rings is 2. The third-order valence-electron chi connectivity index (χ3n) is 12.1. The molecule has 77 heavy (non-hydrogen) atoms. The number of para-hydroxylation sites is 4. The first kappa shape index (κ1) is 62.6. The van der Waals surface area contributed by atoms with Gasteiger partial charge in [0, 0.05) is 44.1 Å². The standard InChI is InChI=1S/C24H27FN6O2.C14H9ClN4.C10H19FN2O2.C8H19N.CH4/c1-24(2,3)33-23(32)29-20-15-30(12-11-18(20)25)22-28-19-7-5-6-8-21(19)31(22)14-17-10-9-16(26-4)13-27-17;1-16-10-6-7-11(17-8-10)9-19-13-5-3-2-4-12(13)18-14(19)15;1-10(2,3)15-9(14)13-8-6-12-5-4-7(8)11;1-6-9(7(2)3)8(4)5;/h5-10,13,18,20H,11-12,14-15H2,1-3H3,(H,29,32);2-8H,9H2;7-8,12H,4-6H2,1-3H3,(H,13,14);7-8H,6H2,1-5H3;1H4/t18-,20-;;7-,8-;;/m1.1../s1. The molecule has 4 aromatic heterocycles. The molecule has 2 aliphatic rings. The minimum atomic E-state index is -1.17. The van der Waals surface area contributed by atoms with Gasteiger partial charge in [0.15, 0.2) is 0 Å². The van der Waals surface area contributed by atoms with Gasteiger partial charge in [0.25, 0.3) is 0 Å². The molecule has 0 aliphatic carbocycles. The Morgan fingerprint density at radius 1 is 0.753 bits per heavy atom. The van der Waals surface area contributed by atoms with Crippen molar-refractivity contribution < 1.29 is 27.8 Å². The summed E-state index contributed by atoms with van der Waals surface area (Å²) in [5.41, 5.74) is 5.04. The van der Waals surface area contributed by atoms with E-state index in [4.69, 9.17) is 39.2 Å². The molecule has 2 saturated heterocycles. The molecule has 0 unspecified atom stereocenters. The zero-order valence-electron chi connectivity index (χ0n) is 45.6. The highest BCUT2D eigenvalue weighted by Crippen LogP contribution is 2.28. The number of hydrogen-bond donors (Lipinski definition) is 3. The van der Waals surface area contributed by atoms with Crippen LogP contribution < -0.4 is 20.9 Å². The summed E-state index contributed by atoms with van der Waals surface area (Å²) in [4.78, 5) is 52.5. The summed E-state index contributed by atoms with van der Waals surface area (Å²) in [6.07, 6.45) is 0.468. The van der Waals surface area contributed by atoms with E-state index in [2.05, 4.69) is 80.1 Å². The second kappa shape index (κ2) is 29.0. The van der Waals surface area contributed by atoms with E-state index < -0.39 is 47.8 Å². The maximum Gasteiger partial charge on any atom is 0.408 e. The van der Waals surface area contributed by atoms with Gasteiger partial charge in [0.1, 0.15) is 23.5 Å². The normalized spacial score (nSPS) is 17.3. The van der Waals surface area contributed by atoms with Crippen LogP contribution in [0.1, 0.15) is 108 Å². The first-order valence-electron chi connectivity index (χ1n) is 25.7. The summed E-state index contributed by atoms with van der Waals surface area (Å²) in [5, 5.41) is 8.68. The highest BCUT2D eigenvalue weighted by molar-refractivity contribution is 6.29. The number of halogens is 3. The lowest BCUT2D eigenvalue weighted by Gasteiger charge is -2.36. The number of benzene rings is 2. The van der Waals surface area contributed by atoms with E-state index in [0.717, 1.165) is 40.0 Å². The maximum absolute atomic E-state index is 14.7. The SMILES string of the molecule is C.CC(C)(C)OC(=O)N[C@@H]1CNCC[C@H]1F.CCN(C(C)C)C(C)C.[C-]#[N+]c1ccc(Cn2c(Cl)nc3ccccc32)nc1.[C-]#[N+]c1ccc(Cn2c(N3CC[C@@H](F)[C@H](NC(=O)OC(C)(C)C)C3)nc3ccccc32)nc1. The van der Waals surface area contributed by atoms with Crippen molar-refractivity contribution in [2.24, 2.45) is 0 Å². The van der Waals surface area contributed by atoms with Crippen molar-refractivity contribution in [2.75, 3.05) is 37.6 Å². The van der Waals surface area contributed by atoms with Crippen molar-refractivity contribution in [3.8, 4) is 0 Å². The number of nitrogens with zero attached hydrogens (tertiary/aromatic N) is 10. The Hall–Kier alpha value is -6.93. The fraction of sp³-hybridized carbons (Fsp3) is 0.509. The van der Waals surface area contributed by atoms with Crippen LogP contribution in [0.2, 0.25) is 5.28 Å². The number of carbonyl (C=O) groups is 2. The van der Waals surface area contributed by atoms with Crippen molar-refractivity contribution in [3.05, 3.63) is 125 Å². The third-order valence-corrected chi connectivity index (χ3v) is 12.4. The molecule has 8 rings (SSSR count). The quantitative estimate of drug-likeness (QED) is 0.112. The highest BCUT2D eigenvalue weighted by Gasteiger charge is 2.34. The fourth-order valence-corrected chi connectivity index (χ4v) is 8.83. The first-order chi connectivity index (χ1) is 36.0. The number of rotatable bonds is 10. The minimum Gasteiger partial charge on any atom is -0.444 e. The van der Waals surface area contributed by atoms with Crippen molar-refractivity contribution in [1.29, 1.82) is 0 Å². The predicted octanol–water partition coefficient (Wildman–Crippen LogP) is 12.1. The van der Waals surface area contributed by atoms with E-state index >= 15 is 0 Å². The number of nitrogens with one attached hydrogen (secondary N) is 3. The molecular weight excluding hydrogens is 1000 g/mol. The number of aromatic nitrogens is 6. The number of amides is 2. The van der Waals surface area contributed by atoms with E-state index in [0.29, 0.717) is 73.8 Å². The van der Waals surface area contributed by atoms with Gasteiger partial charge in [-0.05, 0) is 143 Å². The lowest BCUT2D eigenvalue weighted by atomic mass is 10.0. The van der Waals surface area contributed by atoms with Crippen LogP contribution in [-0.4, -0.2) is 127 Å². The Balaban J connectivity index is 0.000000246. The summed E-state index contributed by atoms with van der Waals surface area (Å²) < 4.78 is 42.3. The Kier molecular flexibility index (Phi) is 23.6. The van der Waals surface area contributed by atoms with Crippen molar-refractivity contribution in [1.82, 2.24) is 49.9 Å². The molecule has 2 amide bonds. The number of fused-ring (bicyclic) bond motifs is 2. The molecule has 6 heterocycles. The van der Waals surface area contributed by atoms with Gasteiger partial charge in [0.05, 0.1) is 71.8 Å². The Labute approximate surface area is 458 Å². The molecule has 3 N–H and O–H groups in total. The number of carbonyl (C=O) groups excluding carboxylic acids is 2. The number of imidazole rings is 2. The number of alkyl carbamates (subject to hydrolysis) is 2. The molecule has 4 atom stereocenters. The van der Waals surface area contributed by atoms with Crippen molar-refractivity contribution in [2.45, 2.75) is 157 Å². The predicted molar refractivity (Wildman–Crippen MR) is 303 cm³/mol. The lowest BCUT2D eigenvalue weighted by molar-refractivity contribution is 0.0452. The Morgan fingerprint density at radius 2 is 1.23 bits per heavy atom. The van der Waals surface area contributed by atoms with Crippen LogP contribution in [-0.2, 0) is 22.6 Å². The summed E-state index contributed by atoms with van der Waals surface area (Å²) >= 11 is 6.15. The maximum atomic E-state index is 14.7. The molecule has 2 aromatic carbocycles. The average molecular weight is 1080 g/mol. The van der Waals surface area contributed by atoms with Crippen LogP contribution in [0.25, 0.3) is 31.8 Å². The first-order valence-corrected chi connectivity index (χ1v) is 26.1. The van der Waals surface area contributed by atoms with Crippen LogP contribution >= 0.6 is 11.6 Å². The zero-order chi connectivity index (χ0) is 55.7. The number of piperidine rings is 2. The molecule has 0 spiro atoms. The summed E-state index contributed by atoms with van der Waals surface area (Å²) in [6.45, 7) is 39.8. The summed E-state index contributed by atoms with van der Waals surface area (Å²) in [6, 6.07) is 22.9. The average Bonchev–Trinajstić information content (AvgIpc) is 3.89. The van der Waals surface area contributed by atoms with E-state index in [1.165, 1.54) is 0 Å². The van der Waals surface area contributed by atoms with E-state index in [-0.39, 0.29) is 20.4 Å². The monoisotopic (exact) mass is 1080 g/mol. The minimum absolute atomic E-state index is 0. The molecule has 2 aliphatic heterocycles. The molecule has 0 radical (unpaired) electrons. The van der Waals surface area contributed by atoms with E-state index in [9.17, 15) is 18.4 Å². The largest absolute Gasteiger partial charge is 0.444 e. The molecule has 0 saturated carbocycles. The van der Waals surface area contributed by atoms with E-state index in [1.54, 1.807) is 66.1 Å². The number of anilines is 1.